The molecule has 1 rings (SSSR count). The van der Waals surface area contributed by atoms with Crippen molar-refractivity contribution in [1.29, 1.82) is 0 Å². The highest BCUT2D eigenvalue weighted by atomic mass is 16.7. The molecule has 0 aromatic rings. The number of rotatable bonds is 2. The third kappa shape index (κ3) is 3.23. The molecule has 1 fully saturated rings. The SMILES string of the molecule is O=C(O)OCN1CCCCC1. The maximum absolute atomic E-state index is 9.99. The minimum Gasteiger partial charge on any atom is -0.450 e. The Labute approximate surface area is 65.8 Å². The van der Waals surface area contributed by atoms with Crippen LogP contribution in [0.15, 0.2) is 0 Å². The summed E-state index contributed by atoms with van der Waals surface area (Å²) in [6.07, 6.45) is 2.38. The van der Waals surface area contributed by atoms with Crippen LogP contribution >= 0.6 is 0 Å². The van der Waals surface area contributed by atoms with Gasteiger partial charge in [-0.05, 0) is 12.8 Å². The summed E-state index contributed by atoms with van der Waals surface area (Å²) in [7, 11) is 0. The number of piperidine rings is 1. The largest absolute Gasteiger partial charge is 0.507 e. The van der Waals surface area contributed by atoms with Crippen LogP contribution in [0.2, 0.25) is 0 Å². The highest BCUT2D eigenvalue weighted by molar-refractivity contribution is 5.56. The molecule has 0 amide bonds. The third-order valence-electron chi connectivity index (χ3n) is 1.82. The average Bonchev–Trinajstić information content (AvgIpc) is 2.03. The van der Waals surface area contributed by atoms with Gasteiger partial charge in [0.2, 0.25) is 0 Å². The zero-order valence-corrected chi connectivity index (χ0v) is 6.45. The van der Waals surface area contributed by atoms with E-state index in [1.165, 1.54) is 6.42 Å². The first-order valence-electron chi connectivity index (χ1n) is 3.87. The van der Waals surface area contributed by atoms with Gasteiger partial charge in [-0.1, -0.05) is 6.42 Å². The predicted molar refractivity (Wildman–Crippen MR) is 39.4 cm³/mol. The molecule has 1 aliphatic heterocycles. The monoisotopic (exact) mass is 159 g/mol. The predicted octanol–water partition coefficient (Wildman–Crippen LogP) is 1.12. The van der Waals surface area contributed by atoms with Crippen LogP contribution in [-0.2, 0) is 4.74 Å². The molecule has 4 heteroatoms. The molecule has 4 nitrogen and oxygen atoms in total. The van der Waals surface area contributed by atoms with Crippen LogP contribution < -0.4 is 0 Å². The van der Waals surface area contributed by atoms with Gasteiger partial charge in [-0.25, -0.2) is 4.79 Å². The Kier molecular flexibility index (Phi) is 3.16. The van der Waals surface area contributed by atoms with Crippen molar-refractivity contribution in [2.45, 2.75) is 19.3 Å². The number of hydrogen-bond acceptors (Lipinski definition) is 3. The lowest BCUT2D eigenvalue weighted by Crippen LogP contribution is -2.32. The average molecular weight is 159 g/mol. The Morgan fingerprint density at radius 1 is 1.36 bits per heavy atom. The molecule has 0 spiro atoms. The molecule has 0 radical (unpaired) electrons. The fourth-order valence-electron chi connectivity index (χ4n) is 1.24. The summed E-state index contributed by atoms with van der Waals surface area (Å²) in [6, 6.07) is 0. The van der Waals surface area contributed by atoms with Gasteiger partial charge in [0.15, 0.2) is 0 Å². The molecule has 0 saturated carbocycles. The molecule has 0 aliphatic carbocycles. The van der Waals surface area contributed by atoms with Crippen molar-refractivity contribution in [3.8, 4) is 0 Å². The summed E-state index contributed by atoms with van der Waals surface area (Å²) < 4.78 is 4.42. The molecule has 11 heavy (non-hydrogen) atoms. The number of nitrogens with zero attached hydrogens (tertiary/aromatic N) is 1. The van der Waals surface area contributed by atoms with Crippen LogP contribution in [-0.4, -0.2) is 36.0 Å². The van der Waals surface area contributed by atoms with Gasteiger partial charge in [-0.3, -0.25) is 4.90 Å². The smallest absolute Gasteiger partial charge is 0.450 e. The van der Waals surface area contributed by atoms with E-state index in [4.69, 9.17) is 5.11 Å². The van der Waals surface area contributed by atoms with E-state index in [0.717, 1.165) is 25.9 Å². The van der Waals surface area contributed by atoms with E-state index in [1.54, 1.807) is 0 Å². The minimum atomic E-state index is -1.18. The maximum Gasteiger partial charge on any atom is 0.507 e. The first-order chi connectivity index (χ1) is 5.29. The van der Waals surface area contributed by atoms with Crippen LogP contribution in [0, 0.1) is 0 Å². The van der Waals surface area contributed by atoms with Crippen molar-refractivity contribution >= 4 is 6.16 Å². The highest BCUT2D eigenvalue weighted by Gasteiger charge is 2.10. The van der Waals surface area contributed by atoms with Crippen molar-refractivity contribution in [3.05, 3.63) is 0 Å². The molecule has 1 aliphatic rings. The number of ether oxygens (including phenoxy) is 1. The number of likely N-dealkylation sites (tertiary alicyclic amines) is 1. The Morgan fingerprint density at radius 3 is 2.55 bits per heavy atom. The van der Waals surface area contributed by atoms with E-state index in [1.807, 2.05) is 4.90 Å². The number of carboxylic acid groups (broad SMARTS) is 1. The zero-order valence-electron chi connectivity index (χ0n) is 6.45. The van der Waals surface area contributed by atoms with Crippen LogP contribution in [0.25, 0.3) is 0 Å². The fraction of sp³-hybridized carbons (Fsp3) is 0.857. The summed E-state index contributed by atoms with van der Waals surface area (Å²) >= 11 is 0. The molecule has 1 N–H and O–H groups in total. The molecular formula is C7H13NO3. The third-order valence-corrected chi connectivity index (χ3v) is 1.82. The summed E-state index contributed by atoms with van der Waals surface area (Å²) in [5.41, 5.74) is 0. The first-order valence-corrected chi connectivity index (χ1v) is 3.87. The quantitative estimate of drug-likeness (QED) is 0.613. The van der Waals surface area contributed by atoms with E-state index in [2.05, 4.69) is 4.74 Å². The van der Waals surface area contributed by atoms with Crippen LogP contribution in [0.3, 0.4) is 0 Å². The second-order valence-electron chi connectivity index (χ2n) is 2.72. The summed E-state index contributed by atoms with van der Waals surface area (Å²) in [4.78, 5) is 12.0. The Hall–Kier alpha value is -0.770. The summed E-state index contributed by atoms with van der Waals surface area (Å²) in [5, 5.41) is 8.20. The van der Waals surface area contributed by atoms with Crippen molar-refractivity contribution < 1.29 is 14.6 Å². The van der Waals surface area contributed by atoms with Gasteiger partial charge in [0.1, 0.15) is 6.73 Å². The lowest BCUT2D eigenvalue weighted by atomic mass is 10.1. The minimum absolute atomic E-state index is 0.231. The molecule has 1 saturated heterocycles. The van der Waals surface area contributed by atoms with Crippen LogP contribution in [0.5, 0.6) is 0 Å². The highest BCUT2D eigenvalue weighted by Crippen LogP contribution is 2.07. The van der Waals surface area contributed by atoms with E-state index in [-0.39, 0.29) is 6.73 Å². The molecule has 0 unspecified atom stereocenters. The Bertz CT molecular complexity index is 132. The van der Waals surface area contributed by atoms with Gasteiger partial charge in [0, 0.05) is 13.1 Å². The molecular weight excluding hydrogens is 146 g/mol. The van der Waals surface area contributed by atoms with Gasteiger partial charge >= 0.3 is 6.16 Å². The molecule has 64 valence electrons. The van der Waals surface area contributed by atoms with E-state index in [0.29, 0.717) is 0 Å². The molecule has 0 atom stereocenters. The molecule has 0 bridgehead atoms. The number of hydrogen-bond donors (Lipinski definition) is 1. The van der Waals surface area contributed by atoms with Gasteiger partial charge in [-0.15, -0.1) is 0 Å². The Balaban J connectivity index is 2.09. The number of carbonyl (C=O) groups is 1. The van der Waals surface area contributed by atoms with Gasteiger partial charge in [0.05, 0.1) is 0 Å². The van der Waals surface area contributed by atoms with E-state index >= 15 is 0 Å². The first kappa shape index (κ1) is 8.33. The molecule has 0 aromatic heterocycles. The maximum atomic E-state index is 9.99. The van der Waals surface area contributed by atoms with Gasteiger partial charge in [0.25, 0.3) is 0 Å². The van der Waals surface area contributed by atoms with Crippen molar-refractivity contribution in [2.24, 2.45) is 0 Å². The van der Waals surface area contributed by atoms with E-state index in [9.17, 15) is 4.79 Å². The summed E-state index contributed by atoms with van der Waals surface area (Å²) in [6.45, 7) is 2.16. The summed E-state index contributed by atoms with van der Waals surface area (Å²) in [5.74, 6) is 0. The normalized spacial score (nSPS) is 19.6. The lowest BCUT2D eigenvalue weighted by Gasteiger charge is -2.24. The van der Waals surface area contributed by atoms with Crippen LogP contribution in [0.4, 0.5) is 4.79 Å². The van der Waals surface area contributed by atoms with Crippen LogP contribution in [0.1, 0.15) is 19.3 Å². The topological polar surface area (TPSA) is 49.8 Å². The van der Waals surface area contributed by atoms with Crippen molar-refractivity contribution in [3.63, 3.8) is 0 Å². The lowest BCUT2D eigenvalue weighted by molar-refractivity contribution is 0.0277. The molecule has 0 aromatic carbocycles. The van der Waals surface area contributed by atoms with Gasteiger partial charge < -0.3 is 9.84 Å². The van der Waals surface area contributed by atoms with Crippen molar-refractivity contribution in [1.82, 2.24) is 4.90 Å². The molecule has 1 heterocycles. The van der Waals surface area contributed by atoms with Gasteiger partial charge in [-0.2, -0.15) is 0 Å². The second kappa shape index (κ2) is 4.18. The zero-order chi connectivity index (χ0) is 8.10. The standard InChI is InChI=1S/C7H13NO3/c9-7(10)11-6-8-4-2-1-3-5-8/h1-6H2,(H,9,10). The second-order valence-corrected chi connectivity index (χ2v) is 2.72. The van der Waals surface area contributed by atoms with E-state index < -0.39 is 6.16 Å². The fourth-order valence-corrected chi connectivity index (χ4v) is 1.24. The van der Waals surface area contributed by atoms with Crippen molar-refractivity contribution in [2.75, 3.05) is 19.8 Å². The Morgan fingerprint density at radius 2 is 2.00 bits per heavy atom.